The Morgan fingerprint density at radius 1 is 0.913 bits per heavy atom. The van der Waals surface area contributed by atoms with Gasteiger partial charge in [0, 0.05) is 30.9 Å². The SMILES string of the molecule is CN(C)c1ccc(-c2nnc(-c3ccc(C(=O)O)cc3)o2)cc1. The van der Waals surface area contributed by atoms with Gasteiger partial charge in [0.25, 0.3) is 0 Å². The van der Waals surface area contributed by atoms with Crippen LogP contribution in [-0.4, -0.2) is 35.4 Å². The first-order valence-corrected chi connectivity index (χ1v) is 6.99. The molecule has 0 fully saturated rings. The molecule has 0 atom stereocenters. The number of aromatic nitrogens is 2. The lowest BCUT2D eigenvalue weighted by Crippen LogP contribution is -2.07. The Labute approximate surface area is 133 Å². The first-order valence-electron chi connectivity index (χ1n) is 6.99. The summed E-state index contributed by atoms with van der Waals surface area (Å²) in [5.74, 6) is -0.190. The normalized spacial score (nSPS) is 10.5. The molecule has 0 radical (unpaired) electrons. The molecule has 116 valence electrons. The number of benzene rings is 2. The van der Waals surface area contributed by atoms with Crippen molar-refractivity contribution in [3.05, 3.63) is 54.1 Å². The second-order valence-corrected chi connectivity index (χ2v) is 5.24. The summed E-state index contributed by atoms with van der Waals surface area (Å²) in [6.45, 7) is 0. The molecular formula is C17H15N3O3. The lowest BCUT2D eigenvalue weighted by atomic mass is 10.1. The zero-order valence-electron chi connectivity index (χ0n) is 12.7. The van der Waals surface area contributed by atoms with Gasteiger partial charge in [-0.1, -0.05) is 0 Å². The number of carbonyl (C=O) groups is 1. The van der Waals surface area contributed by atoms with E-state index >= 15 is 0 Å². The highest BCUT2D eigenvalue weighted by molar-refractivity contribution is 5.88. The lowest BCUT2D eigenvalue weighted by molar-refractivity contribution is 0.0697. The fourth-order valence-electron chi connectivity index (χ4n) is 2.11. The largest absolute Gasteiger partial charge is 0.478 e. The van der Waals surface area contributed by atoms with E-state index in [2.05, 4.69) is 10.2 Å². The van der Waals surface area contributed by atoms with Gasteiger partial charge in [0.1, 0.15) is 0 Å². The fourth-order valence-corrected chi connectivity index (χ4v) is 2.11. The Balaban J connectivity index is 1.86. The van der Waals surface area contributed by atoms with Crippen LogP contribution in [0.3, 0.4) is 0 Å². The van der Waals surface area contributed by atoms with Crippen LogP contribution in [0.4, 0.5) is 5.69 Å². The first-order chi connectivity index (χ1) is 11.0. The molecule has 0 spiro atoms. The monoisotopic (exact) mass is 309 g/mol. The van der Waals surface area contributed by atoms with E-state index in [1.54, 1.807) is 12.1 Å². The Morgan fingerprint density at radius 2 is 1.39 bits per heavy atom. The van der Waals surface area contributed by atoms with Crippen molar-refractivity contribution in [3.63, 3.8) is 0 Å². The molecule has 3 aromatic rings. The van der Waals surface area contributed by atoms with Crippen LogP contribution in [0, 0.1) is 0 Å². The zero-order valence-corrected chi connectivity index (χ0v) is 12.7. The molecule has 1 heterocycles. The standard InChI is InChI=1S/C17H15N3O3/c1-20(2)14-9-7-12(8-10-14)16-19-18-15(23-16)11-3-5-13(6-4-11)17(21)22/h3-10H,1-2H3,(H,21,22). The molecule has 6 heteroatoms. The highest BCUT2D eigenvalue weighted by atomic mass is 16.4. The summed E-state index contributed by atoms with van der Waals surface area (Å²) in [5, 5.41) is 17.0. The van der Waals surface area contributed by atoms with Crippen molar-refractivity contribution < 1.29 is 14.3 Å². The number of hydrogen-bond donors (Lipinski definition) is 1. The summed E-state index contributed by atoms with van der Waals surface area (Å²) in [6, 6.07) is 14.1. The molecule has 1 aromatic heterocycles. The summed E-state index contributed by atoms with van der Waals surface area (Å²) >= 11 is 0. The molecule has 0 amide bonds. The van der Waals surface area contributed by atoms with Gasteiger partial charge in [0.15, 0.2) is 0 Å². The van der Waals surface area contributed by atoms with Gasteiger partial charge >= 0.3 is 5.97 Å². The number of rotatable bonds is 4. The van der Waals surface area contributed by atoms with Gasteiger partial charge in [-0.3, -0.25) is 0 Å². The zero-order chi connectivity index (χ0) is 16.4. The number of nitrogens with zero attached hydrogens (tertiary/aromatic N) is 3. The smallest absolute Gasteiger partial charge is 0.335 e. The maximum Gasteiger partial charge on any atom is 0.335 e. The Kier molecular flexibility index (Phi) is 3.80. The van der Waals surface area contributed by atoms with Gasteiger partial charge in [-0.05, 0) is 48.5 Å². The summed E-state index contributed by atoms with van der Waals surface area (Å²) in [5.41, 5.74) is 2.81. The molecule has 0 saturated carbocycles. The topological polar surface area (TPSA) is 79.5 Å². The van der Waals surface area contributed by atoms with Crippen molar-refractivity contribution in [2.45, 2.75) is 0 Å². The van der Waals surface area contributed by atoms with E-state index in [0.717, 1.165) is 11.3 Å². The van der Waals surface area contributed by atoms with Crippen LogP contribution in [0.5, 0.6) is 0 Å². The van der Waals surface area contributed by atoms with Crippen LogP contribution in [-0.2, 0) is 0 Å². The second kappa shape index (κ2) is 5.92. The van der Waals surface area contributed by atoms with Crippen LogP contribution < -0.4 is 4.90 Å². The number of hydrogen-bond acceptors (Lipinski definition) is 5. The molecule has 3 rings (SSSR count). The highest BCUT2D eigenvalue weighted by Crippen LogP contribution is 2.25. The molecule has 0 bridgehead atoms. The third kappa shape index (κ3) is 3.06. The van der Waals surface area contributed by atoms with Crippen molar-refractivity contribution in [3.8, 4) is 22.9 Å². The van der Waals surface area contributed by atoms with E-state index in [1.807, 2.05) is 43.3 Å². The van der Waals surface area contributed by atoms with Crippen molar-refractivity contribution in [1.82, 2.24) is 10.2 Å². The maximum absolute atomic E-state index is 10.9. The van der Waals surface area contributed by atoms with Gasteiger partial charge in [0.2, 0.25) is 11.8 Å². The summed E-state index contributed by atoms with van der Waals surface area (Å²) in [7, 11) is 3.95. The average Bonchev–Trinajstić information content (AvgIpc) is 3.05. The third-order valence-corrected chi connectivity index (χ3v) is 3.43. The van der Waals surface area contributed by atoms with Crippen molar-refractivity contribution in [1.29, 1.82) is 0 Å². The van der Waals surface area contributed by atoms with Crippen molar-refractivity contribution in [2.24, 2.45) is 0 Å². The van der Waals surface area contributed by atoms with E-state index in [4.69, 9.17) is 9.52 Å². The van der Waals surface area contributed by atoms with Gasteiger partial charge in [-0.25, -0.2) is 4.79 Å². The van der Waals surface area contributed by atoms with Crippen LogP contribution in [0.1, 0.15) is 10.4 Å². The summed E-state index contributed by atoms with van der Waals surface area (Å²) < 4.78 is 5.67. The first kappa shape index (κ1) is 14.8. The van der Waals surface area contributed by atoms with E-state index < -0.39 is 5.97 Å². The van der Waals surface area contributed by atoms with Crippen LogP contribution in [0.15, 0.2) is 52.9 Å². The minimum Gasteiger partial charge on any atom is -0.478 e. The fraction of sp³-hybridized carbons (Fsp3) is 0.118. The summed E-state index contributed by atoms with van der Waals surface area (Å²) in [4.78, 5) is 12.9. The van der Waals surface area contributed by atoms with Crippen LogP contribution >= 0.6 is 0 Å². The maximum atomic E-state index is 10.9. The van der Waals surface area contributed by atoms with E-state index in [-0.39, 0.29) is 5.56 Å². The van der Waals surface area contributed by atoms with Crippen LogP contribution in [0.25, 0.3) is 22.9 Å². The molecule has 0 saturated heterocycles. The second-order valence-electron chi connectivity index (χ2n) is 5.24. The predicted octanol–water partition coefficient (Wildman–Crippen LogP) is 3.17. The minimum absolute atomic E-state index is 0.216. The Hall–Kier alpha value is -3.15. The number of aromatic carboxylic acids is 1. The van der Waals surface area contributed by atoms with Crippen molar-refractivity contribution in [2.75, 3.05) is 19.0 Å². The van der Waals surface area contributed by atoms with Crippen molar-refractivity contribution >= 4 is 11.7 Å². The quantitative estimate of drug-likeness (QED) is 0.797. The average molecular weight is 309 g/mol. The van der Waals surface area contributed by atoms with E-state index in [1.165, 1.54) is 12.1 Å². The molecule has 2 aromatic carbocycles. The molecule has 0 aliphatic carbocycles. The lowest BCUT2D eigenvalue weighted by Gasteiger charge is -2.11. The molecule has 23 heavy (non-hydrogen) atoms. The molecule has 1 N–H and O–H groups in total. The minimum atomic E-state index is -0.969. The Morgan fingerprint density at radius 3 is 1.83 bits per heavy atom. The van der Waals surface area contributed by atoms with Gasteiger partial charge in [-0.2, -0.15) is 0 Å². The predicted molar refractivity (Wildman–Crippen MR) is 86.5 cm³/mol. The molecule has 6 nitrogen and oxygen atoms in total. The van der Waals surface area contributed by atoms with E-state index in [0.29, 0.717) is 17.3 Å². The summed E-state index contributed by atoms with van der Waals surface area (Å²) in [6.07, 6.45) is 0. The molecule has 0 unspecified atom stereocenters. The Bertz CT molecular complexity index is 821. The third-order valence-electron chi connectivity index (χ3n) is 3.43. The van der Waals surface area contributed by atoms with Gasteiger partial charge in [0.05, 0.1) is 5.56 Å². The molecular weight excluding hydrogens is 294 g/mol. The van der Waals surface area contributed by atoms with Crippen LogP contribution in [0.2, 0.25) is 0 Å². The highest BCUT2D eigenvalue weighted by Gasteiger charge is 2.11. The van der Waals surface area contributed by atoms with Gasteiger partial charge < -0.3 is 14.4 Å². The van der Waals surface area contributed by atoms with E-state index in [9.17, 15) is 4.79 Å². The number of carboxylic acid groups (broad SMARTS) is 1. The number of anilines is 1. The molecule has 0 aliphatic heterocycles. The van der Waals surface area contributed by atoms with Gasteiger partial charge in [-0.15, -0.1) is 10.2 Å². The number of carboxylic acids is 1. The molecule has 0 aliphatic rings.